The first-order chi connectivity index (χ1) is 13.2. The Hall–Kier alpha value is -2.19. The highest BCUT2D eigenvalue weighted by molar-refractivity contribution is 7.89. The molecule has 0 radical (unpaired) electrons. The van der Waals surface area contributed by atoms with Gasteiger partial charge in [0, 0.05) is 37.6 Å². The lowest BCUT2D eigenvalue weighted by atomic mass is 9.91. The minimum Gasteiger partial charge on any atom is -0.462 e. The molecule has 0 bridgehead atoms. The first-order valence-electron chi connectivity index (χ1n) is 9.59. The van der Waals surface area contributed by atoms with Crippen molar-refractivity contribution in [1.82, 2.24) is 19.1 Å². The smallest absolute Gasteiger partial charge is 0.246 e. The van der Waals surface area contributed by atoms with Crippen LogP contribution in [0.2, 0.25) is 0 Å². The second-order valence-corrected chi connectivity index (χ2v) is 10.6. The Balaban J connectivity index is 1.47. The van der Waals surface area contributed by atoms with E-state index in [0.717, 1.165) is 29.5 Å². The van der Waals surface area contributed by atoms with Gasteiger partial charge in [-0.2, -0.15) is 9.40 Å². The highest BCUT2D eigenvalue weighted by Gasteiger charge is 2.32. The molecule has 0 amide bonds. The topological polar surface area (TPSA) is 81.2 Å². The minimum absolute atomic E-state index is 0.0345. The van der Waals surface area contributed by atoms with E-state index in [4.69, 9.17) is 4.42 Å². The van der Waals surface area contributed by atoms with Gasteiger partial charge < -0.3 is 4.42 Å². The predicted molar refractivity (Wildman–Crippen MR) is 106 cm³/mol. The molecule has 3 aromatic rings. The van der Waals surface area contributed by atoms with Crippen LogP contribution in [0.4, 0.5) is 0 Å². The number of sulfonamides is 1. The summed E-state index contributed by atoms with van der Waals surface area (Å²) < 4.78 is 34.9. The van der Waals surface area contributed by atoms with Crippen LogP contribution < -0.4 is 0 Å². The fraction of sp³-hybridized carbons (Fsp3) is 0.500. The van der Waals surface area contributed by atoms with E-state index in [1.807, 2.05) is 12.1 Å². The molecule has 0 saturated carbocycles. The summed E-state index contributed by atoms with van der Waals surface area (Å²) in [6, 6.07) is 3.76. The van der Waals surface area contributed by atoms with Crippen LogP contribution in [0.15, 0.2) is 46.3 Å². The molecule has 0 N–H and O–H groups in total. The third kappa shape index (κ3) is 3.71. The molecule has 8 heteroatoms. The molecule has 0 atom stereocenters. The average molecular weight is 403 g/mol. The van der Waals surface area contributed by atoms with Gasteiger partial charge in [0.2, 0.25) is 10.0 Å². The number of hydrogen-bond donors (Lipinski definition) is 0. The Kier molecular flexibility index (Phi) is 4.79. The van der Waals surface area contributed by atoms with E-state index >= 15 is 0 Å². The normalized spacial score (nSPS) is 17.4. The van der Waals surface area contributed by atoms with Crippen LogP contribution >= 0.6 is 0 Å². The molecule has 4 heterocycles. The average Bonchev–Trinajstić information content (AvgIpc) is 3.28. The summed E-state index contributed by atoms with van der Waals surface area (Å²) in [6.07, 6.45) is 8.13. The molecule has 0 spiro atoms. The van der Waals surface area contributed by atoms with E-state index in [0.29, 0.717) is 19.6 Å². The van der Waals surface area contributed by atoms with Crippen molar-refractivity contribution in [3.8, 4) is 0 Å². The number of rotatable bonds is 4. The standard InChI is InChI=1S/C20H26N4O3S/c1-20(2,3)14-23-12-16(11-22-23)28(25,26)24-9-6-15(7-10-24)17-13-27-18-5-4-8-21-19(17)18/h4-5,8,11-13,15H,6-7,9-10,14H2,1-3H3. The van der Waals surface area contributed by atoms with Gasteiger partial charge in [0.1, 0.15) is 10.4 Å². The van der Waals surface area contributed by atoms with Gasteiger partial charge in [-0.15, -0.1) is 0 Å². The van der Waals surface area contributed by atoms with Crippen LogP contribution in [0.3, 0.4) is 0 Å². The van der Waals surface area contributed by atoms with Crippen LogP contribution in [0.25, 0.3) is 11.1 Å². The van der Waals surface area contributed by atoms with Crippen molar-refractivity contribution in [2.75, 3.05) is 13.1 Å². The molecule has 7 nitrogen and oxygen atoms in total. The Bertz CT molecular complexity index is 1070. The number of piperidine rings is 1. The molecule has 1 aliphatic rings. The largest absolute Gasteiger partial charge is 0.462 e. The lowest BCUT2D eigenvalue weighted by Crippen LogP contribution is -2.37. The van der Waals surface area contributed by atoms with Crippen LogP contribution in [0.1, 0.15) is 45.1 Å². The SMILES string of the molecule is CC(C)(C)Cn1cc(S(=O)(=O)N2CCC(c3coc4cccnc34)CC2)cn1. The van der Waals surface area contributed by atoms with Crippen LogP contribution in [-0.4, -0.2) is 40.6 Å². The van der Waals surface area contributed by atoms with Crippen molar-refractivity contribution in [3.05, 3.63) is 42.5 Å². The molecule has 0 aromatic carbocycles. The molecule has 4 rings (SSSR count). The zero-order chi connectivity index (χ0) is 19.9. The molecule has 0 unspecified atom stereocenters. The van der Waals surface area contributed by atoms with Gasteiger partial charge in [0.25, 0.3) is 0 Å². The highest BCUT2D eigenvalue weighted by atomic mass is 32.2. The molecule has 3 aromatic heterocycles. The maximum Gasteiger partial charge on any atom is 0.246 e. The second-order valence-electron chi connectivity index (χ2n) is 8.65. The Morgan fingerprint density at radius 1 is 1.25 bits per heavy atom. The van der Waals surface area contributed by atoms with E-state index < -0.39 is 10.0 Å². The number of fused-ring (bicyclic) bond motifs is 1. The number of pyridine rings is 1. The summed E-state index contributed by atoms with van der Waals surface area (Å²) in [5.74, 6) is 0.256. The fourth-order valence-electron chi connectivity index (χ4n) is 3.78. The van der Waals surface area contributed by atoms with E-state index in [2.05, 4.69) is 30.9 Å². The van der Waals surface area contributed by atoms with E-state index in [1.165, 1.54) is 6.20 Å². The minimum atomic E-state index is -3.52. The Labute approximate surface area is 165 Å². The summed E-state index contributed by atoms with van der Waals surface area (Å²) in [5.41, 5.74) is 2.77. The third-order valence-electron chi connectivity index (χ3n) is 5.13. The van der Waals surface area contributed by atoms with Crippen molar-refractivity contribution in [2.45, 2.75) is 51.0 Å². The molecule has 0 aliphatic carbocycles. The van der Waals surface area contributed by atoms with Crippen molar-refractivity contribution < 1.29 is 12.8 Å². The predicted octanol–water partition coefficient (Wildman–Crippen LogP) is 3.64. The van der Waals surface area contributed by atoms with Gasteiger partial charge in [0.05, 0.1) is 12.5 Å². The number of hydrogen-bond acceptors (Lipinski definition) is 5. The molecule has 1 fully saturated rings. The van der Waals surface area contributed by atoms with Gasteiger partial charge in [-0.25, -0.2) is 8.42 Å². The summed E-state index contributed by atoms with van der Waals surface area (Å²) in [7, 11) is -3.52. The van der Waals surface area contributed by atoms with E-state index in [9.17, 15) is 8.42 Å². The zero-order valence-electron chi connectivity index (χ0n) is 16.5. The van der Waals surface area contributed by atoms with Gasteiger partial charge in [0.15, 0.2) is 5.58 Å². The van der Waals surface area contributed by atoms with Crippen LogP contribution in [-0.2, 0) is 16.6 Å². The maximum atomic E-state index is 13.0. The van der Waals surface area contributed by atoms with Gasteiger partial charge in [-0.05, 0) is 36.3 Å². The summed E-state index contributed by atoms with van der Waals surface area (Å²) >= 11 is 0. The highest BCUT2D eigenvalue weighted by Crippen LogP contribution is 2.34. The molecule has 28 heavy (non-hydrogen) atoms. The van der Waals surface area contributed by atoms with Crippen molar-refractivity contribution in [1.29, 1.82) is 0 Å². The summed E-state index contributed by atoms with van der Waals surface area (Å²) in [5, 5.41) is 4.24. The third-order valence-corrected chi connectivity index (χ3v) is 6.99. The fourth-order valence-corrected chi connectivity index (χ4v) is 5.21. The molecule has 1 aliphatic heterocycles. The monoisotopic (exact) mass is 402 g/mol. The molecule has 150 valence electrons. The Morgan fingerprint density at radius 2 is 2.00 bits per heavy atom. The first-order valence-corrected chi connectivity index (χ1v) is 11.0. The van der Waals surface area contributed by atoms with Gasteiger partial charge >= 0.3 is 0 Å². The number of furan rings is 1. The molecular weight excluding hydrogens is 376 g/mol. The lowest BCUT2D eigenvalue weighted by molar-refractivity contribution is 0.318. The molecule has 1 saturated heterocycles. The zero-order valence-corrected chi connectivity index (χ0v) is 17.3. The maximum absolute atomic E-state index is 13.0. The van der Waals surface area contributed by atoms with Crippen LogP contribution in [0.5, 0.6) is 0 Å². The van der Waals surface area contributed by atoms with Crippen LogP contribution in [0, 0.1) is 5.41 Å². The van der Waals surface area contributed by atoms with Gasteiger partial charge in [-0.1, -0.05) is 20.8 Å². The second kappa shape index (κ2) is 7.00. The Morgan fingerprint density at radius 3 is 2.71 bits per heavy atom. The van der Waals surface area contributed by atoms with Crippen molar-refractivity contribution in [2.24, 2.45) is 5.41 Å². The summed E-state index contributed by atoms with van der Waals surface area (Å²) in [6.45, 7) is 7.94. The lowest BCUT2D eigenvalue weighted by Gasteiger charge is -2.30. The first kappa shape index (κ1) is 19.1. The number of nitrogens with zero attached hydrogens (tertiary/aromatic N) is 4. The summed E-state index contributed by atoms with van der Waals surface area (Å²) in [4.78, 5) is 4.70. The van der Waals surface area contributed by atoms with E-state index in [-0.39, 0.29) is 16.2 Å². The van der Waals surface area contributed by atoms with Gasteiger partial charge in [-0.3, -0.25) is 9.67 Å². The number of aromatic nitrogens is 3. The van der Waals surface area contributed by atoms with Crippen molar-refractivity contribution in [3.63, 3.8) is 0 Å². The molecular formula is C20H26N4O3S. The quantitative estimate of drug-likeness (QED) is 0.665. The van der Waals surface area contributed by atoms with E-state index in [1.54, 1.807) is 27.6 Å². The van der Waals surface area contributed by atoms with Crippen molar-refractivity contribution >= 4 is 21.1 Å².